The largest absolute Gasteiger partial charge is 0.481 e. The fourth-order valence-corrected chi connectivity index (χ4v) is 3.02. The Labute approximate surface area is 114 Å². The minimum Gasteiger partial charge on any atom is -0.481 e. The predicted molar refractivity (Wildman–Crippen MR) is 78.9 cm³/mol. The Hall–Kier alpha value is -1.77. The number of hydrogen-bond donors (Lipinski definition) is 1. The molecule has 1 N–H and O–H groups in total. The van der Waals surface area contributed by atoms with Crippen molar-refractivity contribution in [2.24, 2.45) is 0 Å². The van der Waals surface area contributed by atoms with Gasteiger partial charge < -0.3 is 10.1 Å². The van der Waals surface area contributed by atoms with Gasteiger partial charge in [-0.15, -0.1) is 0 Å². The Morgan fingerprint density at radius 1 is 1.26 bits per heavy atom. The molecule has 0 radical (unpaired) electrons. The molecule has 3 rings (SSSR count). The van der Waals surface area contributed by atoms with Gasteiger partial charge >= 0.3 is 0 Å². The zero-order chi connectivity index (χ0) is 13.2. The molecule has 1 fully saturated rings. The summed E-state index contributed by atoms with van der Waals surface area (Å²) in [5.41, 5.74) is 2.40. The third kappa shape index (κ3) is 2.25. The Morgan fingerprint density at radius 2 is 2.05 bits per heavy atom. The van der Waals surface area contributed by atoms with Crippen molar-refractivity contribution in [1.82, 2.24) is 4.98 Å². The Balaban J connectivity index is 2.08. The molecule has 0 atom stereocenters. The Morgan fingerprint density at radius 3 is 2.79 bits per heavy atom. The highest BCUT2D eigenvalue weighted by Gasteiger charge is 2.16. The molecule has 1 aliphatic carbocycles. The van der Waals surface area contributed by atoms with Crippen molar-refractivity contribution in [1.29, 1.82) is 0 Å². The summed E-state index contributed by atoms with van der Waals surface area (Å²) in [5.74, 6) is 0.704. The molecule has 0 saturated heterocycles. The van der Waals surface area contributed by atoms with Crippen LogP contribution in [0.25, 0.3) is 10.8 Å². The van der Waals surface area contributed by atoms with Crippen molar-refractivity contribution in [3.8, 4) is 5.88 Å². The molecular formula is C16H20N2O. The van der Waals surface area contributed by atoms with E-state index in [2.05, 4.69) is 35.4 Å². The molecule has 3 heteroatoms. The summed E-state index contributed by atoms with van der Waals surface area (Å²) in [6.07, 6.45) is 7.12. The number of hydrogen-bond acceptors (Lipinski definition) is 3. The van der Waals surface area contributed by atoms with E-state index >= 15 is 0 Å². The molecule has 2 aromatic rings. The smallest absolute Gasteiger partial charge is 0.221 e. The first kappa shape index (κ1) is 12.3. The molecule has 1 aliphatic rings. The summed E-state index contributed by atoms with van der Waals surface area (Å²) in [4.78, 5) is 4.35. The van der Waals surface area contributed by atoms with Crippen LogP contribution in [0.15, 0.2) is 24.4 Å². The second kappa shape index (κ2) is 5.08. The lowest BCUT2D eigenvalue weighted by atomic mass is 10.1. The molecule has 1 saturated carbocycles. The maximum atomic E-state index is 5.37. The van der Waals surface area contributed by atoms with Gasteiger partial charge in [-0.25, -0.2) is 4.98 Å². The van der Waals surface area contributed by atoms with Crippen LogP contribution in [0.3, 0.4) is 0 Å². The Kier molecular flexibility index (Phi) is 3.28. The van der Waals surface area contributed by atoms with E-state index in [9.17, 15) is 0 Å². The minimum absolute atomic E-state index is 0.615. The number of aryl methyl sites for hydroxylation is 1. The predicted octanol–water partition coefficient (Wildman–Crippen LogP) is 3.91. The van der Waals surface area contributed by atoms with Gasteiger partial charge in [-0.05, 0) is 37.5 Å². The standard InChI is InChI=1S/C16H20N2O/c1-11-10-17-16(19-2)13-8-5-9-14(15(11)13)18-12-6-3-4-7-12/h5,8-10,12,18H,3-4,6-7H2,1-2H3. The summed E-state index contributed by atoms with van der Waals surface area (Å²) in [6.45, 7) is 2.11. The number of nitrogens with zero attached hydrogens (tertiary/aromatic N) is 1. The van der Waals surface area contributed by atoms with E-state index in [1.807, 2.05) is 6.20 Å². The molecule has 0 amide bonds. The lowest BCUT2D eigenvalue weighted by Crippen LogP contribution is -2.14. The number of methoxy groups -OCH3 is 1. The van der Waals surface area contributed by atoms with Crippen LogP contribution < -0.4 is 10.1 Å². The maximum Gasteiger partial charge on any atom is 0.221 e. The average molecular weight is 256 g/mol. The van der Waals surface area contributed by atoms with E-state index in [4.69, 9.17) is 4.74 Å². The summed E-state index contributed by atoms with van der Waals surface area (Å²) >= 11 is 0. The molecule has 1 aromatic heterocycles. The fraction of sp³-hybridized carbons (Fsp3) is 0.438. The number of fused-ring (bicyclic) bond motifs is 1. The van der Waals surface area contributed by atoms with Gasteiger partial charge in [-0.1, -0.05) is 18.9 Å². The lowest BCUT2D eigenvalue weighted by Gasteiger charge is -2.17. The molecular weight excluding hydrogens is 236 g/mol. The van der Waals surface area contributed by atoms with E-state index in [1.54, 1.807) is 7.11 Å². The topological polar surface area (TPSA) is 34.1 Å². The molecule has 19 heavy (non-hydrogen) atoms. The minimum atomic E-state index is 0.615. The summed E-state index contributed by atoms with van der Waals surface area (Å²) < 4.78 is 5.37. The number of rotatable bonds is 3. The zero-order valence-corrected chi connectivity index (χ0v) is 11.6. The second-order valence-electron chi connectivity index (χ2n) is 5.30. The quantitative estimate of drug-likeness (QED) is 0.904. The van der Waals surface area contributed by atoms with Crippen LogP contribution >= 0.6 is 0 Å². The summed E-state index contributed by atoms with van der Waals surface area (Å²) in [5, 5.41) is 6.02. The van der Waals surface area contributed by atoms with E-state index in [0.29, 0.717) is 11.9 Å². The fourth-order valence-electron chi connectivity index (χ4n) is 3.02. The van der Waals surface area contributed by atoms with Gasteiger partial charge in [-0.3, -0.25) is 0 Å². The van der Waals surface area contributed by atoms with E-state index in [0.717, 1.165) is 5.39 Å². The van der Waals surface area contributed by atoms with E-state index in [1.165, 1.54) is 42.3 Å². The third-order valence-electron chi connectivity index (χ3n) is 3.97. The van der Waals surface area contributed by atoms with Gasteiger partial charge in [0.05, 0.1) is 7.11 Å². The molecule has 1 heterocycles. The molecule has 3 nitrogen and oxygen atoms in total. The van der Waals surface area contributed by atoms with Crippen LogP contribution in [-0.4, -0.2) is 18.1 Å². The van der Waals surface area contributed by atoms with Crippen molar-refractivity contribution in [2.75, 3.05) is 12.4 Å². The SMILES string of the molecule is COc1ncc(C)c2c(NC3CCCC3)cccc12. The van der Waals surface area contributed by atoms with Gasteiger partial charge in [-0.2, -0.15) is 0 Å². The number of ether oxygens (including phenoxy) is 1. The monoisotopic (exact) mass is 256 g/mol. The zero-order valence-electron chi connectivity index (χ0n) is 11.6. The highest BCUT2D eigenvalue weighted by Crippen LogP contribution is 2.33. The van der Waals surface area contributed by atoms with Crippen LogP contribution in [0.5, 0.6) is 5.88 Å². The summed E-state index contributed by atoms with van der Waals surface area (Å²) in [7, 11) is 1.67. The first-order valence-corrected chi connectivity index (χ1v) is 6.98. The molecule has 0 unspecified atom stereocenters. The van der Waals surface area contributed by atoms with Crippen LogP contribution in [-0.2, 0) is 0 Å². The van der Waals surface area contributed by atoms with Crippen molar-refractivity contribution < 1.29 is 4.74 Å². The number of aromatic nitrogens is 1. The van der Waals surface area contributed by atoms with Gasteiger partial charge in [0.15, 0.2) is 0 Å². The van der Waals surface area contributed by atoms with E-state index < -0.39 is 0 Å². The average Bonchev–Trinajstić information content (AvgIpc) is 2.92. The normalized spacial score (nSPS) is 15.9. The first-order valence-electron chi connectivity index (χ1n) is 6.98. The van der Waals surface area contributed by atoms with Crippen molar-refractivity contribution in [3.05, 3.63) is 30.0 Å². The lowest BCUT2D eigenvalue weighted by molar-refractivity contribution is 0.403. The Bertz CT molecular complexity index is 589. The van der Waals surface area contributed by atoms with Gasteiger partial charge in [0.1, 0.15) is 0 Å². The number of benzene rings is 1. The van der Waals surface area contributed by atoms with Crippen LogP contribution in [0.4, 0.5) is 5.69 Å². The second-order valence-corrected chi connectivity index (χ2v) is 5.30. The summed E-state index contributed by atoms with van der Waals surface area (Å²) in [6, 6.07) is 6.92. The number of anilines is 1. The molecule has 0 spiro atoms. The molecule has 100 valence electrons. The van der Waals surface area contributed by atoms with E-state index in [-0.39, 0.29) is 0 Å². The number of pyridine rings is 1. The van der Waals surface area contributed by atoms with Crippen LogP contribution in [0, 0.1) is 6.92 Å². The van der Waals surface area contributed by atoms with Crippen LogP contribution in [0.1, 0.15) is 31.2 Å². The van der Waals surface area contributed by atoms with Gasteiger partial charge in [0, 0.05) is 28.7 Å². The third-order valence-corrected chi connectivity index (χ3v) is 3.97. The molecule has 0 bridgehead atoms. The maximum absolute atomic E-state index is 5.37. The highest BCUT2D eigenvalue weighted by atomic mass is 16.5. The van der Waals surface area contributed by atoms with Gasteiger partial charge in [0.25, 0.3) is 0 Å². The van der Waals surface area contributed by atoms with Crippen molar-refractivity contribution in [2.45, 2.75) is 38.6 Å². The van der Waals surface area contributed by atoms with Crippen molar-refractivity contribution in [3.63, 3.8) is 0 Å². The van der Waals surface area contributed by atoms with Crippen LogP contribution in [0.2, 0.25) is 0 Å². The molecule has 0 aliphatic heterocycles. The number of nitrogens with one attached hydrogen (secondary N) is 1. The molecule has 1 aromatic carbocycles. The van der Waals surface area contributed by atoms with Crippen molar-refractivity contribution >= 4 is 16.5 Å². The van der Waals surface area contributed by atoms with Gasteiger partial charge in [0.2, 0.25) is 5.88 Å². The first-order chi connectivity index (χ1) is 9.29. The highest BCUT2D eigenvalue weighted by molar-refractivity contribution is 5.99.